The van der Waals surface area contributed by atoms with Crippen LogP contribution in [0.4, 0.5) is 0 Å². The van der Waals surface area contributed by atoms with Crippen LogP contribution in [0.25, 0.3) is 0 Å². The van der Waals surface area contributed by atoms with E-state index in [1.54, 1.807) is 0 Å². The minimum atomic E-state index is 0. The Morgan fingerprint density at radius 3 is 2.41 bits per heavy atom. The van der Waals surface area contributed by atoms with Crippen molar-refractivity contribution in [3.63, 3.8) is 0 Å². The molecule has 17 heavy (non-hydrogen) atoms. The molecule has 0 aromatic rings. The fourth-order valence-electron chi connectivity index (χ4n) is 1.07. The summed E-state index contributed by atoms with van der Waals surface area (Å²) in [5.74, 6) is 0.718. The van der Waals surface area contributed by atoms with Gasteiger partial charge in [0.15, 0.2) is 0 Å². The molecule has 0 aliphatic heterocycles. The number of carbonyl (C=O) groups excluding carboxylic acids is 1. The third-order valence-electron chi connectivity index (χ3n) is 2.54. The van der Waals surface area contributed by atoms with Crippen LogP contribution in [0.5, 0.6) is 0 Å². The van der Waals surface area contributed by atoms with Crippen LogP contribution in [0.15, 0.2) is 0 Å². The van der Waals surface area contributed by atoms with Gasteiger partial charge < -0.3 is 14.8 Å². The van der Waals surface area contributed by atoms with Crippen molar-refractivity contribution in [1.29, 1.82) is 0 Å². The van der Waals surface area contributed by atoms with Gasteiger partial charge in [0.2, 0.25) is 5.91 Å². The molecular formula is C13H29NO3. The maximum absolute atomic E-state index is 11.2. The molecule has 0 heterocycles. The largest absolute Gasteiger partial charge is 0.379 e. The predicted octanol–water partition coefficient (Wildman–Crippen LogP) is 2.08. The SMILES string of the molecule is CCC(C)COCCOCCNC(=O)C(C)C.[HH]. The summed E-state index contributed by atoms with van der Waals surface area (Å²) < 4.78 is 10.8. The first-order valence-corrected chi connectivity index (χ1v) is 6.51. The van der Waals surface area contributed by atoms with Crippen LogP contribution in [0, 0.1) is 11.8 Å². The van der Waals surface area contributed by atoms with Crippen LogP contribution in [-0.2, 0) is 14.3 Å². The summed E-state index contributed by atoms with van der Waals surface area (Å²) in [4.78, 5) is 11.2. The second-order valence-electron chi connectivity index (χ2n) is 4.65. The van der Waals surface area contributed by atoms with E-state index in [0.29, 0.717) is 32.3 Å². The lowest BCUT2D eigenvalue weighted by atomic mass is 10.1. The summed E-state index contributed by atoms with van der Waals surface area (Å²) in [5, 5.41) is 2.80. The number of amides is 1. The Bertz CT molecular complexity index is 201. The van der Waals surface area contributed by atoms with Crippen LogP contribution < -0.4 is 5.32 Å². The highest BCUT2D eigenvalue weighted by Gasteiger charge is 2.04. The number of hydrogen-bond donors (Lipinski definition) is 1. The number of hydrogen-bond acceptors (Lipinski definition) is 3. The van der Waals surface area contributed by atoms with Gasteiger partial charge in [0, 0.05) is 20.5 Å². The van der Waals surface area contributed by atoms with Crippen molar-refractivity contribution in [3.8, 4) is 0 Å². The van der Waals surface area contributed by atoms with Crippen LogP contribution in [0.2, 0.25) is 0 Å². The second-order valence-corrected chi connectivity index (χ2v) is 4.65. The van der Waals surface area contributed by atoms with Gasteiger partial charge in [0.05, 0.1) is 19.8 Å². The van der Waals surface area contributed by atoms with Gasteiger partial charge in [-0.2, -0.15) is 0 Å². The Morgan fingerprint density at radius 2 is 1.82 bits per heavy atom. The Balaban J connectivity index is 0. The number of rotatable bonds is 10. The van der Waals surface area contributed by atoms with Gasteiger partial charge in [-0.15, -0.1) is 0 Å². The van der Waals surface area contributed by atoms with Gasteiger partial charge in [-0.05, 0) is 5.92 Å². The lowest BCUT2D eigenvalue weighted by Gasteiger charge is -2.10. The number of carbonyl (C=O) groups is 1. The van der Waals surface area contributed by atoms with Gasteiger partial charge >= 0.3 is 0 Å². The molecule has 1 atom stereocenters. The molecule has 0 aromatic heterocycles. The molecule has 4 heteroatoms. The molecule has 0 fully saturated rings. The van der Waals surface area contributed by atoms with Crippen molar-refractivity contribution in [2.24, 2.45) is 11.8 Å². The second kappa shape index (κ2) is 10.5. The first-order valence-electron chi connectivity index (χ1n) is 6.51. The Kier molecular flexibility index (Phi) is 10.2. The van der Waals surface area contributed by atoms with Crippen molar-refractivity contribution in [2.75, 3.05) is 33.0 Å². The van der Waals surface area contributed by atoms with Crippen molar-refractivity contribution in [2.45, 2.75) is 34.1 Å². The summed E-state index contributed by atoms with van der Waals surface area (Å²) in [5.41, 5.74) is 0. The van der Waals surface area contributed by atoms with E-state index < -0.39 is 0 Å². The maximum Gasteiger partial charge on any atom is 0.222 e. The van der Waals surface area contributed by atoms with Gasteiger partial charge in [-0.25, -0.2) is 0 Å². The minimum absolute atomic E-state index is 0. The molecule has 0 radical (unpaired) electrons. The summed E-state index contributed by atoms with van der Waals surface area (Å²) in [6.45, 7) is 11.2. The zero-order valence-electron chi connectivity index (χ0n) is 11.6. The Labute approximate surface area is 107 Å². The molecule has 0 aromatic carbocycles. The lowest BCUT2D eigenvalue weighted by molar-refractivity contribution is -0.124. The quantitative estimate of drug-likeness (QED) is 0.601. The average molecular weight is 247 g/mol. The van der Waals surface area contributed by atoms with Gasteiger partial charge in [-0.3, -0.25) is 4.79 Å². The van der Waals surface area contributed by atoms with Crippen molar-refractivity contribution >= 4 is 5.91 Å². The lowest BCUT2D eigenvalue weighted by Crippen LogP contribution is -2.31. The standard InChI is InChI=1S/C13H27NO3.H2/c1-5-12(4)10-17-9-8-16-7-6-14-13(15)11(2)3;/h11-12H,5-10H2,1-4H3,(H,14,15);1H. The van der Waals surface area contributed by atoms with Crippen molar-refractivity contribution in [1.82, 2.24) is 5.32 Å². The molecule has 0 saturated heterocycles. The number of ether oxygens (including phenoxy) is 2. The monoisotopic (exact) mass is 247 g/mol. The normalized spacial score (nSPS) is 12.8. The molecule has 0 aliphatic rings. The first-order chi connectivity index (χ1) is 8.07. The summed E-state index contributed by atoms with van der Waals surface area (Å²) >= 11 is 0. The highest BCUT2D eigenvalue weighted by atomic mass is 16.5. The van der Waals surface area contributed by atoms with E-state index in [1.165, 1.54) is 0 Å². The molecule has 1 unspecified atom stereocenters. The molecule has 1 N–H and O–H groups in total. The van der Waals surface area contributed by atoms with Crippen LogP contribution in [0.3, 0.4) is 0 Å². The molecule has 0 saturated carbocycles. The van der Waals surface area contributed by atoms with Gasteiger partial charge in [0.1, 0.15) is 0 Å². The zero-order valence-corrected chi connectivity index (χ0v) is 11.6. The Hall–Kier alpha value is -0.610. The van der Waals surface area contributed by atoms with Crippen LogP contribution in [-0.4, -0.2) is 38.9 Å². The third-order valence-corrected chi connectivity index (χ3v) is 2.54. The van der Waals surface area contributed by atoms with E-state index in [1.807, 2.05) is 13.8 Å². The smallest absolute Gasteiger partial charge is 0.222 e. The zero-order chi connectivity index (χ0) is 13.1. The summed E-state index contributed by atoms with van der Waals surface area (Å²) in [6.07, 6.45) is 1.14. The highest BCUT2D eigenvalue weighted by molar-refractivity contribution is 5.77. The predicted molar refractivity (Wildman–Crippen MR) is 71.1 cm³/mol. The molecular weight excluding hydrogens is 218 g/mol. The highest BCUT2D eigenvalue weighted by Crippen LogP contribution is 1.99. The molecule has 104 valence electrons. The van der Waals surface area contributed by atoms with E-state index in [4.69, 9.17) is 9.47 Å². The topological polar surface area (TPSA) is 47.6 Å². The van der Waals surface area contributed by atoms with E-state index in [0.717, 1.165) is 13.0 Å². The van der Waals surface area contributed by atoms with Gasteiger partial charge in [0.25, 0.3) is 0 Å². The van der Waals surface area contributed by atoms with E-state index in [9.17, 15) is 4.79 Å². The molecule has 4 nitrogen and oxygen atoms in total. The fourth-order valence-corrected chi connectivity index (χ4v) is 1.07. The molecule has 0 spiro atoms. The number of nitrogens with one attached hydrogen (secondary N) is 1. The van der Waals surface area contributed by atoms with Crippen molar-refractivity contribution < 1.29 is 15.7 Å². The van der Waals surface area contributed by atoms with E-state index >= 15 is 0 Å². The third kappa shape index (κ3) is 10.3. The molecule has 1 amide bonds. The maximum atomic E-state index is 11.2. The van der Waals surface area contributed by atoms with E-state index in [2.05, 4.69) is 19.2 Å². The van der Waals surface area contributed by atoms with Crippen LogP contribution in [0.1, 0.15) is 35.5 Å². The molecule has 0 rings (SSSR count). The molecule has 0 aliphatic carbocycles. The van der Waals surface area contributed by atoms with E-state index in [-0.39, 0.29) is 13.3 Å². The van der Waals surface area contributed by atoms with Crippen LogP contribution >= 0.6 is 0 Å². The van der Waals surface area contributed by atoms with Crippen molar-refractivity contribution in [3.05, 3.63) is 0 Å². The Morgan fingerprint density at radius 1 is 1.18 bits per heavy atom. The molecule has 0 bridgehead atoms. The summed E-state index contributed by atoms with van der Waals surface area (Å²) in [6, 6.07) is 0. The summed E-state index contributed by atoms with van der Waals surface area (Å²) in [7, 11) is 0. The first kappa shape index (κ1) is 16.4. The average Bonchev–Trinajstić information content (AvgIpc) is 2.31. The minimum Gasteiger partial charge on any atom is -0.379 e. The fraction of sp³-hybridized carbons (Fsp3) is 0.923. The van der Waals surface area contributed by atoms with Gasteiger partial charge in [-0.1, -0.05) is 34.1 Å².